The van der Waals surface area contributed by atoms with Gasteiger partial charge in [0.05, 0.1) is 17.6 Å². The van der Waals surface area contributed by atoms with E-state index < -0.39 is 17.9 Å². The Morgan fingerprint density at radius 1 is 1.17 bits per heavy atom. The van der Waals surface area contributed by atoms with Gasteiger partial charge >= 0.3 is 12.1 Å². The summed E-state index contributed by atoms with van der Waals surface area (Å²) in [7, 11) is 0. The molecule has 0 aliphatic carbocycles. The molecule has 9 heteroatoms. The predicted octanol–water partition coefficient (Wildman–Crippen LogP) is 3.75. The largest absolute Gasteiger partial charge is 0.465 e. The number of aromatic nitrogens is 1. The number of urea groups is 1. The Hall–Kier alpha value is -3.20. The minimum Gasteiger partial charge on any atom is -0.465 e. The van der Waals surface area contributed by atoms with E-state index in [9.17, 15) is 14.7 Å². The topological polar surface area (TPSA) is 97.8 Å². The van der Waals surface area contributed by atoms with Crippen LogP contribution in [0.1, 0.15) is 25.1 Å². The Labute approximate surface area is 174 Å². The average Bonchev–Trinajstić information content (AvgIpc) is 2.70. The second-order valence-corrected chi connectivity index (χ2v) is 7.47. The first-order valence-electron chi connectivity index (χ1n) is 9.78. The van der Waals surface area contributed by atoms with E-state index in [1.807, 2.05) is 25.7 Å². The van der Waals surface area contributed by atoms with Crippen molar-refractivity contribution in [3.63, 3.8) is 0 Å². The Morgan fingerprint density at radius 3 is 2.60 bits per heavy atom. The Kier molecular flexibility index (Phi) is 6.51. The summed E-state index contributed by atoms with van der Waals surface area (Å²) in [6, 6.07) is 7.51. The van der Waals surface area contributed by atoms with Gasteiger partial charge in [0.15, 0.2) is 5.82 Å². The summed E-state index contributed by atoms with van der Waals surface area (Å²) in [6.45, 7) is 6.83. The van der Waals surface area contributed by atoms with Crippen LogP contribution in [0.15, 0.2) is 36.5 Å². The van der Waals surface area contributed by atoms with E-state index in [0.29, 0.717) is 30.9 Å². The molecule has 0 saturated carbocycles. The molecular weight excluding hydrogens is 389 g/mol. The molecule has 3 amide bonds. The smallest absolute Gasteiger partial charge is 0.407 e. The molecule has 30 heavy (non-hydrogen) atoms. The van der Waals surface area contributed by atoms with Crippen molar-refractivity contribution in [2.75, 3.05) is 23.7 Å². The minimum atomic E-state index is -0.943. The summed E-state index contributed by atoms with van der Waals surface area (Å²) in [5.41, 5.74) is 1.85. The van der Waals surface area contributed by atoms with Crippen molar-refractivity contribution in [1.82, 2.24) is 14.8 Å². The first-order chi connectivity index (χ1) is 14.3. The molecule has 1 aromatic heterocycles. The van der Waals surface area contributed by atoms with Gasteiger partial charge in [0.2, 0.25) is 0 Å². The molecule has 1 aromatic carbocycles. The summed E-state index contributed by atoms with van der Waals surface area (Å²) >= 11 is 0. The summed E-state index contributed by atoms with van der Waals surface area (Å²) in [5.74, 6) is -0.504. The first kappa shape index (κ1) is 21.5. The molecule has 1 aliphatic heterocycles. The number of hydrogen-bond acceptors (Lipinski definition) is 4. The molecule has 1 saturated heterocycles. The SMILES string of the molecule is Cc1ccc(NC(=O)Nc2cccc(CN3CCN(C(=O)O)C(C)[C@@H]3C)c2F)cn1. The van der Waals surface area contributed by atoms with Gasteiger partial charge in [0.1, 0.15) is 0 Å². The van der Waals surface area contributed by atoms with Gasteiger partial charge in [0, 0.05) is 43.0 Å². The summed E-state index contributed by atoms with van der Waals surface area (Å²) in [4.78, 5) is 31.1. The van der Waals surface area contributed by atoms with Crippen LogP contribution in [0.2, 0.25) is 0 Å². The molecule has 0 bridgehead atoms. The van der Waals surface area contributed by atoms with Crippen LogP contribution in [0.3, 0.4) is 0 Å². The zero-order valence-corrected chi connectivity index (χ0v) is 17.2. The number of amides is 3. The summed E-state index contributed by atoms with van der Waals surface area (Å²) in [5, 5.41) is 14.4. The van der Waals surface area contributed by atoms with Crippen LogP contribution >= 0.6 is 0 Å². The highest BCUT2D eigenvalue weighted by atomic mass is 19.1. The highest BCUT2D eigenvalue weighted by molar-refractivity contribution is 5.99. The number of benzene rings is 1. The number of carboxylic acid groups (broad SMARTS) is 1. The zero-order valence-electron chi connectivity index (χ0n) is 17.2. The lowest BCUT2D eigenvalue weighted by molar-refractivity contribution is 0.0335. The molecule has 0 radical (unpaired) electrons. The fraction of sp³-hybridized carbons (Fsp3) is 0.381. The number of nitrogens with zero attached hydrogens (tertiary/aromatic N) is 3. The van der Waals surface area contributed by atoms with Crippen LogP contribution in [0.25, 0.3) is 0 Å². The molecule has 3 N–H and O–H groups in total. The van der Waals surface area contributed by atoms with Crippen molar-refractivity contribution < 1.29 is 19.1 Å². The number of anilines is 2. The van der Waals surface area contributed by atoms with Crippen LogP contribution in [-0.4, -0.2) is 57.2 Å². The predicted molar refractivity (Wildman–Crippen MR) is 112 cm³/mol. The maximum absolute atomic E-state index is 15.0. The quantitative estimate of drug-likeness (QED) is 0.707. The third kappa shape index (κ3) is 4.85. The van der Waals surface area contributed by atoms with Crippen molar-refractivity contribution in [2.45, 2.75) is 39.4 Å². The van der Waals surface area contributed by atoms with Gasteiger partial charge < -0.3 is 20.6 Å². The van der Waals surface area contributed by atoms with Crippen molar-refractivity contribution in [3.05, 3.63) is 53.6 Å². The monoisotopic (exact) mass is 415 g/mol. The number of piperazine rings is 1. The van der Waals surface area contributed by atoms with Gasteiger partial charge in [0.25, 0.3) is 0 Å². The van der Waals surface area contributed by atoms with Crippen molar-refractivity contribution in [2.24, 2.45) is 0 Å². The van der Waals surface area contributed by atoms with E-state index in [-0.39, 0.29) is 17.8 Å². The van der Waals surface area contributed by atoms with Crippen molar-refractivity contribution >= 4 is 23.5 Å². The number of carbonyl (C=O) groups excluding carboxylic acids is 1. The molecule has 8 nitrogen and oxygen atoms in total. The molecular formula is C21H26FN5O3. The maximum atomic E-state index is 15.0. The fourth-order valence-electron chi connectivity index (χ4n) is 3.55. The Morgan fingerprint density at radius 2 is 1.93 bits per heavy atom. The van der Waals surface area contributed by atoms with Crippen LogP contribution in [-0.2, 0) is 6.54 Å². The first-order valence-corrected chi connectivity index (χ1v) is 9.78. The van der Waals surface area contributed by atoms with Crippen LogP contribution in [0.4, 0.5) is 25.4 Å². The Bertz CT molecular complexity index is 921. The lowest BCUT2D eigenvalue weighted by Gasteiger charge is -2.43. The van der Waals surface area contributed by atoms with Gasteiger partial charge in [-0.3, -0.25) is 9.88 Å². The van der Waals surface area contributed by atoms with E-state index in [1.165, 1.54) is 17.2 Å². The number of rotatable bonds is 4. The number of hydrogen-bond donors (Lipinski definition) is 3. The number of carbonyl (C=O) groups is 2. The summed E-state index contributed by atoms with van der Waals surface area (Å²) < 4.78 is 15.0. The molecule has 3 rings (SSSR count). The minimum absolute atomic E-state index is 0.0665. The Balaban J connectivity index is 1.67. The lowest BCUT2D eigenvalue weighted by Crippen LogP contribution is -2.58. The van der Waals surface area contributed by atoms with Gasteiger partial charge in [-0.2, -0.15) is 0 Å². The van der Waals surface area contributed by atoms with E-state index in [0.717, 1.165) is 5.69 Å². The summed E-state index contributed by atoms with van der Waals surface area (Å²) in [6.07, 6.45) is 0.585. The standard InChI is InChI=1S/C21H26FN5O3/c1-13-7-8-17(11-23-13)24-20(28)25-18-6-4-5-16(19(18)22)12-26-9-10-27(21(29)30)15(3)14(26)2/h4-8,11,14-15H,9-10,12H2,1-3H3,(H,29,30)(H2,24,25,28)/t14-,15?/m0/s1. The van der Waals surface area contributed by atoms with Crippen LogP contribution in [0.5, 0.6) is 0 Å². The normalized spacial score (nSPS) is 19.4. The average molecular weight is 415 g/mol. The fourth-order valence-corrected chi connectivity index (χ4v) is 3.55. The molecule has 1 unspecified atom stereocenters. The number of pyridine rings is 1. The zero-order chi connectivity index (χ0) is 21.8. The van der Waals surface area contributed by atoms with Gasteiger partial charge in [-0.1, -0.05) is 12.1 Å². The van der Waals surface area contributed by atoms with Crippen molar-refractivity contribution in [3.8, 4) is 0 Å². The molecule has 160 valence electrons. The van der Waals surface area contributed by atoms with Gasteiger partial charge in [-0.25, -0.2) is 14.0 Å². The second kappa shape index (κ2) is 9.08. The highest BCUT2D eigenvalue weighted by Gasteiger charge is 2.33. The molecule has 0 spiro atoms. The van der Waals surface area contributed by atoms with Crippen LogP contribution < -0.4 is 10.6 Å². The molecule has 1 aliphatic rings. The number of nitrogens with one attached hydrogen (secondary N) is 2. The second-order valence-electron chi connectivity index (χ2n) is 7.47. The number of aryl methyl sites for hydroxylation is 1. The van der Waals surface area contributed by atoms with E-state index in [2.05, 4.69) is 15.6 Å². The van der Waals surface area contributed by atoms with E-state index >= 15 is 4.39 Å². The van der Waals surface area contributed by atoms with Gasteiger partial charge in [-0.05, 0) is 39.0 Å². The molecule has 2 heterocycles. The van der Waals surface area contributed by atoms with E-state index in [4.69, 9.17) is 0 Å². The number of halogens is 1. The van der Waals surface area contributed by atoms with E-state index in [1.54, 1.807) is 24.3 Å². The third-order valence-corrected chi connectivity index (χ3v) is 5.51. The maximum Gasteiger partial charge on any atom is 0.407 e. The van der Waals surface area contributed by atoms with Crippen molar-refractivity contribution in [1.29, 1.82) is 0 Å². The van der Waals surface area contributed by atoms with Gasteiger partial charge in [-0.15, -0.1) is 0 Å². The molecule has 2 atom stereocenters. The highest BCUT2D eigenvalue weighted by Crippen LogP contribution is 2.24. The lowest BCUT2D eigenvalue weighted by atomic mass is 10.0. The molecule has 2 aromatic rings. The van der Waals surface area contributed by atoms with Crippen LogP contribution in [0, 0.1) is 12.7 Å². The third-order valence-electron chi connectivity index (χ3n) is 5.51. The molecule has 1 fully saturated rings.